The van der Waals surface area contributed by atoms with E-state index in [4.69, 9.17) is 33.2 Å². The van der Waals surface area contributed by atoms with Crippen LogP contribution in [0.1, 0.15) is 41.2 Å². The van der Waals surface area contributed by atoms with E-state index in [2.05, 4.69) is 0 Å². The number of nitrogens with zero attached hydrogens (tertiary/aromatic N) is 1. The van der Waals surface area contributed by atoms with Gasteiger partial charge in [0.25, 0.3) is 0 Å². The fourth-order valence-electron chi connectivity index (χ4n) is 8.29. The van der Waals surface area contributed by atoms with Crippen LogP contribution in [-0.2, 0) is 75.7 Å². The quantitative estimate of drug-likeness (QED) is 0.0830. The molecule has 2 fully saturated rings. The standard InChI is InChI=1S/C49H53NO9/c1-36(51)55-34-42-28-49(46(48(52)53-2)50(42)29-37-18-8-3-9-19-37)47(58-33-41-26-16-7-17-27-41)45(57-32-40-24-14-6-15-25-40)44(56-31-39-22-12-5-13-23-39)43(59-49)35-54-30-38-20-10-4-11-21-38/h3-27,42-47H,28-35H2,1-2H3/t42-,43?,44?,45?,46-,47?,49?/m1/s1. The summed E-state index contributed by atoms with van der Waals surface area (Å²) in [5, 5.41) is 0. The van der Waals surface area contributed by atoms with Gasteiger partial charge >= 0.3 is 11.9 Å². The Morgan fingerprint density at radius 3 is 1.56 bits per heavy atom. The van der Waals surface area contributed by atoms with E-state index in [1.54, 1.807) is 0 Å². The molecule has 2 saturated heterocycles. The Morgan fingerprint density at radius 1 is 0.610 bits per heavy atom. The summed E-state index contributed by atoms with van der Waals surface area (Å²) in [7, 11) is 1.38. The topological polar surface area (TPSA) is 102 Å². The lowest BCUT2D eigenvalue weighted by atomic mass is 9.78. The minimum atomic E-state index is -1.39. The third kappa shape index (κ3) is 10.7. The maximum atomic E-state index is 14.6. The van der Waals surface area contributed by atoms with Crippen LogP contribution in [0.5, 0.6) is 0 Å². The zero-order valence-electron chi connectivity index (χ0n) is 33.7. The van der Waals surface area contributed by atoms with Crippen molar-refractivity contribution in [2.75, 3.05) is 20.3 Å². The molecule has 0 amide bonds. The molecule has 7 rings (SSSR count). The average Bonchev–Trinajstić information content (AvgIpc) is 3.57. The number of carbonyl (C=O) groups is 2. The monoisotopic (exact) mass is 799 g/mol. The average molecular weight is 800 g/mol. The van der Waals surface area contributed by atoms with Gasteiger partial charge in [-0.1, -0.05) is 152 Å². The maximum absolute atomic E-state index is 14.6. The van der Waals surface area contributed by atoms with Crippen LogP contribution >= 0.6 is 0 Å². The van der Waals surface area contributed by atoms with Gasteiger partial charge in [0.1, 0.15) is 42.7 Å². The summed E-state index contributed by atoms with van der Waals surface area (Å²) in [5.41, 5.74) is 3.45. The number of hydrogen-bond donors (Lipinski definition) is 0. The predicted molar refractivity (Wildman–Crippen MR) is 222 cm³/mol. The normalized spacial score (nSPS) is 24.2. The molecule has 0 aliphatic carbocycles. The summed E-state index contributed by atoms with van der Waals surface area (Å²) in [6.45, 7) is 2.91. The van der Waals surface area contributed by atoms with Gasteiger partial charge in [-0.25, -0.2) is 0 Å². The first kappa shape index (κ1) is 41.9. The van der Waals surface area contributed by atoms with Crippen LogP contribution in [0.3, 0.4) is 0 Å². The zero-order chi connectivity index (χ0) is 40.9. The molecule has 10 nitrogen and oxygen atoms in total. The number of esters is 2. The molecule has 10 heteroatoms. The van der Waals surface area contributed by atoms with Crippen LogP contribution in [0, 0.1) is 0 Å². The van der Waals surface area contributed by atoms with E-state index < -0.39 is 54.0 Å². The van der Waals surface area contributed by atoms with Crippen molar-refractivity contribution in [3.63, 3.8) is 0 Å². The van der Waals surface area contributed by atoms with Crippen LogP contribution in [0.2, 0.25) is 0 Å². The number of likely N-dealkylation sites (tertiary alicyclic amines) is 1. The van der Waals surface area contributed by atoms with Gasteiger partial charge in [-0.05, 0) is 27.8 Å². The molecular weight excluding hydrogens is 747 g/mol. The van der Waals surface area contributed by atoms with Gasteiger partial charge < -0.3 is 33.2 Å². The Bertz CT molecular complexity index is 2020. The van der Waals surface area contributed by atoms with E-state index in [1.807, 2.05) is 157 Å². The van der Waals surface area contributed by atoms with Crippen LogP contribution in [0.25, 0.3) is 0 Å². The molecule has 0 radical (unpaired) electrons. The molecule has 2 heterocycles. The number of benzene rings is 5. The lowest BCUT2D eigenvalue weighted by molar-refractivity contribution is -0.312. The fourth-order valence-corrected chi connectivity index (χ4v) is 8.29. The van der Waals surface area contributed by atoms with Crippen molar-refractivity contribution < 1.29 is 42.7 Å². The van der Waals surface area contributed by atoms with Gasteiger partial charge in [-0.15, -0.1) is 0 Å². The highest BCUT2D eigenvalue weighted by Crippen LogP contribution is 2.49. The number of methoxy groups -OCH3 is 1. The number of carbonyl (C=O) groups excluding carboxylic acids is 2. The Balaban J connectivity index is 1.35. The van der Waals surface area contributed by atoms with E-state index >= 15 is 0 Å². The molecule has 0 N–H and O–H groups in total. The van der Waals surface area contributed by atoms with Crippen molar-refractivity contribution in [1.29, 1.82) is 0 Å². The second-order valence-electron chi connectivity index (χ2n) is 15.1. The molecule has 0 saturated carbocycles. The van der Waals surface area contributed by atoms with Gasteiger partial charge in [-0.2, -0.15) is 0 Å². The fraction of sp³-hybridized carbons (Fsp3) is 0.347. The summed E-state index contributed by atoms with van der Waals surface area (Å²) in [6, 6.07) is 48.1. The van der Waals surface area contributed by atoms with Gasteiger partial charge in [0.05, 0.1) is 40.1 Å². The lowest BCUT2D eigenvalue weighted by Crippen LogP contribution is -2.71. The molecule has 308 valence electrons. The largest absolute Gasteiger partial charge is 0.468 e. The molecule has 7 atom stereocenters. The molecule has 5 unspecified atom stereocenters. The number of rotatable bonds is 18. The molecule has 2 aliphatic rings. The molecule has 59 heavy (non-hydrogen) atoms. The van der Waals surface area contributed by atoms with Gasteiger partial charge in [-0.3, -0.25) is 14.5 Å². The first-order valence-corrected chi connectivity index (χ1v) is 20.2. The van der Waals surface area contributed by atoms with Gasteiger partial charge in [0, 0.05) is 25.9 Å². The summed E-state index contributed by atoms with van der Waals surface area (Å²) < 4.78 is 46.4. The second-order valence-corrected chi connectivity index (χ2v) is 15.1. The minimum Gasteiger partial charge on any atom is -0.468 e. The molecule has 5 aromatic carbocycles. The smallest absolute Gasteiger partial charge is 0.326 e. The Hall–Kier alpha value is -5.20. The van der Waals surface area contributed by atoms with E-state index in [9.17, 15) is 9.59 Å². The maximum Gasteiger partial charge on any atom is 0.326 e. The van der Waals surface area contributed by atoms with Crippen LogP contribution < -0.4 is 0 Å². The third-order valence-electron chi connectivity index (χ3n) is 11.0. The highest BCUT2D eigenvalue weighted by atomic mass is 16.6. The summed E-state index contributed by atoms with van der Waals surface area (Å²) >= 11 is 0. The molecule has 2 aliphatic heterocycles. The summed E-state index contributed by atoms with van der Waals surface area (Å²) in [4.78, 5) is 29.0. The Kier molecular flexibility index (Phi) is 14.7. The van der Waals surface area contributed by atoms with Crippen molar-refractivity contribution in [2.45, 2.75) is 88.4 Å². The number of hydrogen-bond acceptors (Lipinski definition) is 10. The molecular formula is C49H53NO9. The Labute approximate surface area is 346 Å². The first-order valence-electron chi connectivity index (χ1n) is 20.2. The van der Waals surface area contributed by atoms with E-state index in [1.165, 1.54) is 14.0 Å². The molecule has 0 aromatic heterocycles. The van der Waals surface area contributed by atoms with Gasteiger partial charge in [0.15, 0.2) is 0 Å². The molecule has 0 bridgehead atoms. The van der Waals surface area contributed by atoms with E-state index in [0.29, 0.717) is 13.2 Å². The van der Waals surface area contributed by atoms with Crippen molar-refractivity contribution >= 4 is 11.9 Å². The SMILES string of the molecule is COC(=O)[C@H]1N(Cc2ccccc2)[C@@H](COC(C)=O)CC12OC(COCc1ccccc1)C(OCc1ccccc1)C(OCc1ccccc1)C2OCc1ccccc1. The van der Waals surface area contributed by atoms with E-state index in [-0.39, 0.29) is 39.5 Å². The minimum absolute atomic E-state index is 0.0187. The van der Waals surface area contributed by atoms with E-state index in [0.717, 1.165) is 27.8 Å². The van der Waals surface area contributed by atoms with Gasteiger partial charge in [0.2, 0.25) is 0 Å². The van der Waals surface area contributed by atoms with Crippen molar-refractivity contribution in [3.05, 3.63) is 179 Å². The van der Waals surface area contributed by atoms with Crippen LogP contribution in [0.15, 0.2) is 152 Å². The molecule has 5 aromatic rings. The summed E-state index contributed by atoms with van der Waals surface area (Å²) in [6.07, 6.45) is -2.87. The van der Waals surface area contributed by atoms with Crippen LogP contribution in [-0.4, -0.2) is 79.3 Å². The third-order valence-corrected chi connectivity index (χ3v) is 11.0. The van der Waals surface area contributed by atoms with Crippen LogP contribution in [0.4, 0.5) is 0 Å². The molecule has 1 spiro atoms. The Morgan fingerprint density at radius 2 is 1.07 bits per heavy atom. The highest BCUT2D eigenvalue weighted by molar-refractivity contribution is 5.78. The van der Waals surface area contributed by atoms with Crippen molar-refractivity contribution in [2.24, 2.45) is 0 Å². The first-order chi connectivity index (χ1) is 28.9. The highest BCUT2D eigenvalue weighted by Gasteiger charge is 2.68. The summed E-state index contributed by atoms with van der Waals surface area (Å²) in [5.74, 6) is -0.929. The van der Waals surface area contributed by atoms with Crippen molar-refractivity contribution in [1.82, 2.24) is 4.90 Å². The number of ether oxygens (including phenoxy) is 7. The lowest BCUT2D eigenvalue weighted by Gasteiger charge is -2.53. The predicted octanol–water partition coefficient (Wildman–Crippen LogP) is 7.48. The second kappa shape index (κ2) is 20.7. The zero-order valence-corrected chi connectivity index (χ0v) is 33.7. The van der Waals surface area contributed by atoms with Crippen molar-refractivity contribution in [3.8, 4) is 0 Å².